The lowest BCUT2D eigenvalue weighted by atomic mass is 10.1. The molecule has 1 amide bonds. The number of fused-ring (bicyclic) bond motifs is 1. The van der Waals surface area contributed by atoms with E-state index in [9.17, 15) is 22.8 Å². The first kappa shape index (κ1) is 30.2. The molecule has 0 fully saturated rings. The Morgan fingerprint density at radius 2 is 1.58 bits per heavy atom. The van der Waals surface area contributed by atoms with Crippen molar-refractivity contribution in [3.8, 4) is 11.3 Å². The second-order valence-electron chi connectivity index (χ2n) is 8.94. The van der Waals surface area contributed by atoms with Crippen LogP contribution in [0.5, 0.6) is 0 Å². The van der Waals surface area contributed by atoms with Gasteiger partial charge in [-0.15, -0.1) is 5.10 Å². The van der Waals surface area contributed by atoms with E-state index in [1.807, 2.05) is 36.4 Å². The average molecular weight is 594 g/mol. The molecule has 0 unspecified atom stereocenters. The summed E-state index contributed by atoms with van der Waals surface area (Å²) in [5.41, 5.74) is 4.73. The molecule has 5 aromatic rings. The number of pyridine rings is 1. The van der Waals surface area contributed by atoms with Gasteiger partial charge in [-0.1, -0.05) is 29.5 Å². The summed E-state index contributed by atoms with van der Waals surface area (Å²) in [6.07, 6.45) is 1.94. The van der Waals surface area contributed by atoms with Gasteiger partial charge >= 0.3 is 18.1 Å². The van der Waals surface area contributed by atoms with Gasteiger partial charge < -0.3 is 15.5 Å². The Morgan fingerprint density at radius 3 is 2.23 bits per heavy atom. The zero-order valence-electron chi connectivity index (χ0n) is 22.1. The summed E-state index contributed by atoms with van der Waals surface area (Å²) in [5, 5.41) is 28.3. The van der Waals surface area contributed by atoms with Crippen molar-refractivity contribution >= 4 is 28.7 Å². The van der Waals surface area contributed by atoms with Crippen LogP contribution in [0, 0.1) is 0 Å². The molecule has 5 rings (SSSR count). The Labute approximate surface area is 240 Å². The summed E-state index contributed by atoms with van der Waals surface area (Å²) >= 11 is 0. The van der Waals surface area contributed by atoms with Crippen LogP contribution in [0.3, 0.4) is 0 Å². The van der Waals surface area contributed by atoms with Crippen LogP contribution in [0.4, 0.5) is 13.2 Å². The first-order valence-electron chi connectivity index (χ1n) is 12.5. The number of hydrogen-bond donors (Lipinski definition) is 3. The lowest BCUT2D eigenvalue weighted by molar-refractivity contribution is -0.192. The number of halogens is 3. The topological polar surface area (TPSA) is 173 Å². The predicted octanol–water partition coefficient (Wildman–Crippen LogP) is 3.64. The van der Waals surface area contributed by atoms with Crippen molar-refractivity contribution in [2.24, 2.45) is 0 Å². The monoisotopic (exact) mass is 593 g/mol. The number of amides is 1. The lowest BCUT2D eigenvalue weighted by Crippen LogP contribution is -2.25. The first-order chi connectivity index (χ1) is 20.5. The highest BCUT2D eigenvalue weighted by Crippen LogP contribution is 2.16. The largest absolute Gasteiger partial charge is 0.490 e. The lowest BCUT2D eigenvalue weighted by Gasteiger charge is -2.07. The van der Waals surface area contributed by atoms with Crippen molar-refractivity contribution in [1.29, 1.82) is 0 Å². The Hall–Kier alpha value is -5.73. The molecule has 0 saturated heterocycles. The standard InChI is InChI=1S/C26H21N7O3.C2HF3O2/c34-25(28-11-9-17-5-8-22-20(12-17)2-1-10-27-22)19-6-3-18(4-7-19)15-33-16-23(31-32-33)21-13-29-24(26(35)36)30-14-21;3-2(4,5)1(6)7/h1-8,10,12-14,16H,9,11,15H2,(H,28,34)(H,35,36);(H,6,7). The summed E-state index contributed by atoms with van der Waals surface area (Å²) in [6.45, 7) is 0.991. The summed E-state index contributed by atoms with van der Waals surface area (Å²) < 4.78 is 33.4. The Kier molecular flexibility index (Phi) is 9.34. The van der Waals surface area contributed by atoms with Gasteiger partial charge in [0.1, 0.15) is 5.69 Å². The molecule has 0 radical (unpaired) electrons. The molecule has 15 heteroatoms. The molecule has 0 aliphatic heterocycles. The van der Waals surface area contributed by atoms with Gasteiger partial charge in [-0.05, 0) is 47.9 Å². The average Bonchev–Trinajstić information content (AvgIpc) is 3.45. The van der Waals surface area contributed by atoms with Crippen LogP contribution >= 0.6 is 0 Å². The third-order valence-corrected chi connectivity index (χ3v) is 5.85. The second kappa shape index (κ2) is 13.3. The summed E-state index contributed by atoms with van der Waals surface area (Å²) in [6, 6.07) is 17.4. The molecule has 2 aromatic carbocycles. The molecule has 12 nitrogen and oxygen atoms in total. The van der Waals surface area contributed by atoms with E-state index in [0.717, 1.165) is 28.5 Å². The Bertz CT molecular complexity index is 1740. The zero-order chi connectivity index (χ0) is 31.0. The van der Waals surface area contributed by atoms with E-state index >= 15 is 0 Å². The highest BCUT2D eigenvalue weighted by atomic mass is 19.4. The van der Waals surface area contributed by atoms with Crippen LogP contribution in [0.25, 0.3) is 22.2 Å². The minimum absolute atomic E-state index is 0.128. The molecule has 0 aliphatic carbocycles. The highest BCUT2D eigenvalue weighted by Gasteiger charge is 2.38. The van der Waals surface area contributed by atoms with E-state index in [1.54, 1.807) is 29.2 Å². The van der Waals surface area contributed by atoms with Crippen LogP contribution in [0.1, 0.15) is 32.1 Å². The maximum atomic E-state index is 12.5. The number of carbonyl (C=O) groups excluding carboxylic acids is 1. The van der Waals surface area contributed by atoms with Crippen LogP contribution in [0.15, 0.2) is 79.4 Å². The van der Waals surface area contributed by atoms with Gasteiger partial charge in [0.25, 0.3) is 5.91 Å². The summed E-state index contributed by atoms with van der Waals surface area (Å²) in [7, 11) is 0. The molecule has 0 atom stereocenters. The fraction of sp³-hybridized carbons (Fsp3) is 0.143. The fourth-order valence-corrected chi connectivity index (χ4v) is 3.73. The highest BCUT2D eigenvalue weighted by molar-refractivity contribution is 5.94. The number of carboxylic acids is 2. The van der Waals surface area contributed by atoms with Crippen molar-refractivity contribution < 1.29 is 37.8 Å². The zero-order valence-corrected chi connectivity index (χ0v) is 22.1. The number of nitrogens with zero attached hydrogens (tertiary/aromatic N) is 6. The van der Waals surface area contributed by atoms with Gasteiger partial charge in [0.2, 0.25) is 5.82 Å². The quantitative estimate of drug-likeness (QED) is 0.241. The number of aliphatic carboxylic acids is 1. The van der Waals surface area contributed by atoms with Crippen molar-refractivity contribution in [3.05, 3.63) is 102 Å². The maximum Gasteiger partial charge on any atom is 0.490 e. The van der Waals surface area contributed by atoms with Crippen LogP contribution in [0.2, 0.25) is 0 Å². The Balaban J connectivity index is 0.000000541. The third-order valence-electron chi connectivity index (χ3n) is 5.85. The van der Waals surface area contributed by atoms with E-state index in [4.69, 9.17) is 15.0 Å². The van der Waals surface area contributed by atoms with Gasteiger partial charge in [0.05, 0.1) is 18.3 Å². The Morgan fingerprint density at radius 1 is 0.907 bits per heavy atom. The van der Waals surface area contributed by atoms with Crippen molar-refractivity contribution in [3.63, 3.8) is 0 Å². The van der Waals surface area contributed by atoms with Gasteiger partial charge in [0.15, 0.2) is 0 Å². The molecule has 3 N–H and O–H groups in total. The molecule has 3 heterocycles. The normalized spacial score (nSPS) is 11.0. The second-order valence-corrected chi connectivity index (χ2v) is 8.94. The van der Waals surface area contributed by atoms with E-state index in [0.29, 0.717) is 29.9 Å². The third kappa shape index (κ3) is 8.39. The van der Waals surface area contributed by atoms with Gasteiger partial charge in [0, 0.05) is 41.6 Å². The van der Waals surface area contributed by atoms with E-state index in [2.05, 4.69) is 36.6 Å². The summed E-state index contributed by atoms with van der Waals surface area (Å²) in [4.78, 5) is 44.2. The molecule has 3 aromatic heterocycles. The molecular weight excluding hydrogens is 571 g/mol. The number of aromatic carboxylic acids is 1. The smallest absolute Gasteiger partial charge is 0.475 e. The van der Waals surface area contributed by atoms with Crippen molar-refractivity contribution in [2.45, 2.75) is 19.1 Å². The molecule has 0 bridgehead atoms. The molecule has 0 aliphatic rings. The van der Waals surface area contributed by atoms with Gasteiger partial charge in [-0.25, -0.2) is 24.2 Å². The van der Waals surface area contributed by atoms with Gasteiger partial charge in [-0.2, -0.15) is 13.2 Å². The SMILES string of the molecule is O=C(NCCc1ccc2ncccc2c1)c1ccc(Cn2cc(-c3cnc(C(=O)O)nc3)nn2)cc1.O=C(O)C(F)(F)F. The van der Waals surface area contributed by atoms with Crippen LogP contribution < -0.4 is 5.32 Å². The molecular formula is C28H22F3N7O5. The van der Waals surface area contributed by atoms with Crippen LogP contribution in [-0.2, 0) is 17.8 Å². The number of carboxylic acid groups (broad SMARTS) is 2. The minimum Gasteiger partial charge on any atom is -0.475 e. The molecule has 220 valence electrons. The maximum absolute atomic E-state index is 12.5. The molecule has 0 saturated carbocycles. The number of alkyl halides is 3. The van der Waals surface area contributed by atoms with Crippen molar-refractivity contribution in [1.82, 2.24) is 35.3 Å². The first-order valence-corrected chi connectivity index (χ1v) is 12.5. The molecule has 43 heavy (non-hydrogen) atoms. The number of rotatable bonds is 8. The number of nitrogens with one attached hydrogen (secondary N) is 1. The van der Waals surface area contributed by atoms with Crippen LogP contribution in [-0.4, -0.2) is 70.7 Å². The summed E-state index contributed by atoms with van der Waals surface area (Å²) in [5.74, 6) is -4.35. The van der Waals surface area contributed by atoms with Crippen molar-refractivity contribution in [2.75, 3.05) is 6.54 Å². The van der Waals surface area contributed by atoms with E-state index < -0.39 is 18.1 Å². The van der Waals surface area contributed by atoms with E-state index in [-0.39, 0.29) is 11.7 Å². The van der Waals surface area contributed by atoms with E-state index in [1.165, 1.54) is 12.4 Å². The number of carbonyl (C=O) groups is 3. The number of benzene rings is 2. The number of hydrogen-bond acceptors (Lipinski definition) is 8. The molecule has 0 spiro atoms. The number of aromatic nitrogens is 6. The fourth-order valence-electron chi connectivity index (χ4n) is 3.73. The predicted molar refractivity (Wildman–Crippen MR) is 145 cm³/mol. The minimum atomic E-state index is -5.08. The van der Waals surface area contributed by atoms with Gasteiger partial charge in [-0.3, -0.25) is 9.78 Å².